The van der Waals surface area contributed by atoms with E-state index < -0.39 is 0 Å². The first-order valence-corrected chi connectivity index (χ1v) is 7.40. The molecule has 118 valence electrons. The molecule has 1 heterocycles. The quantitative estimate of drug-likeness (QED) is 0.643. The minimum absolute atomic E-state index is 0.129. The molecule has 0 unspecified atom stereocenters. The SMILES string of the molecule is Cc1ccc(OCCN)c(C(=O)NCCCc2ncc[nH]2)c1. The lowest BCUT2D eigenvalue weighted by Crippen LogP contribution is -2.26. The fraction of sp³-hybridized carbons (Fsp3) is 0.375. The molecule has 0 spiro atoms. The number of nitrogens with zero attached hydrogens (tertiary/aromatic N) is 1. The number of imidazole rings is 1. The molecule has 6 nitrogen and oxygen atoms in total. The van der Waals surface area contributed by atoms with E-state index in [-0.39, 0.29) is 5.91 Å². The first kappa shape index (κ1) is 16.0. The van der Waals surface area contributed by atoms with Gasteiger partial charge in [0.2, 0.25) is 0 Å². The van der Waals surface area contributed by atoms with Gasteiger partial charge < -0.3 is 20.8 Å². The second kappa shape index (κ2) is 8.19. The van der Waals surface area contributed by atoms with Crippen molar-refractivity contribution in [3.63, 3.8) is 0 Å². The van der Waals surface area contributed by atoms with Crippen LogP contribution >= 0.6 is 0 Å². The predicted octanol–water partition coefficient (Wildman–Crippen LogP) is 1.42. The molecule has 0 aliphatic carbocycles. The van der Waals surface area contributed by atoms with Crippen molar-refractivity contribution in [3.05, 3.63) is 47.5 Å². The highest BCUT2D eigenvalue weighted by molar-refractivity contribution is 5.97. The zero-order chi connectivity index (χ0) is 15.8. The lowest BCUT2D eigenvalue weighted by atomic mass is 10.1. The molecule has 4 N–H and O–H groups in total. The van der Waals surface area contributed by atoms with Gasteiger partial charge in [0, 0.05) is 31.9 Å². The molecule has 1 amide bonds. The number of hydrogen-bond acceptors (Lipinski definition) is 4. The summed E-state index contributed by atoms with van der Waals surface area (Å²) in [6.07, 6.45) is 5.14. The summed E-state index contributed by atoms with van der Waals surface area (Å²) in [7, 11) is 0. The van der Waals surface area contributed by atoms with Gasteiger partial charge in [-0.15, -0.1) is 0 Å². The second-order valence-electron chi connectivity index (χ2n) is 5.03. The van der Waals surface area contributed by atoms with E-state index in [1.54, 1.807) is 12.4 Å². The topological polar surface area (TPSA) is 93.0 Å². The molecule has 0 saturated carbocycles. The van der Waals surface area contributed by atoms with Crippen molar-refractivity contribution in [2.45, 2.75) is 19.8 Å². The van der Waals surface area contributed by atoms with Gasteiger partial charge in [-0.2, -0.15) is 0 Å². The van der Waals surface area contributed by atoms with Crippen LogP contribution in [0.5, 0.6) is 5.75 Å². The number of carbonyl (C=O) groups excluding carboxylic acids is 1. The van der Waals surface area contributed by atoms with Gasteiger partial charge >= 0.3 is 0 Å². The molecule has 0 aliphatic heterocycles. The minimum Gasteiger partial charge on any atom is -0.491 e. The molecule has 0 saturated heterocycles. The average Bonchev–Trinajstić information content (AvgIpc) is 3.03. The lowest BCUT2D eigenvalue weighted by Gasteiger charge is -2.12. The number of aryl methyl sites for hydroxylation is 2. The van der Waals surface area contributed by atoms with Crippen molar-refractivity contribution in [2.24, 2.45) is 5.73 Å². The highest BCUT2D eigenvalue weighted by Gasteiger charge is 2.12. The summed E-state index contributed by atoms with van der Waals surface area (Å²) >= 11 is 0. The Labute approximate surface area is 130 Å². The van der Waals surface area contributed by atoms with Crippen molar-refractivity contribution in [2.75, 3.05) is 19.7 Å². The van der Waals surface area contributed by atoms with Crippen LogP contribution in [0.1, 0.15) is 28.2 Å². The third kappa shape index (κ3) is 4.60. The van der Waals surface area contributed by atoms with Crippen molar-refractivity contribution < 1.29 is 9.53 Å². The number of aromatic amines is 1. The third-order valence-electron chi connectivity index (χ3n) is 3.19. The average molecular weight is 302 g/mol. The Morgan fingerprint density at radius 2 is 2.32 bits per heavy atom. The normalized spacial score (nSPS) is 10.5. The summed E-state index contributed by atoms with van der Waals surface area (Å²) in [5, 5.41) is 2.91. The number of benzene rings is 1. The van der Waals surface area contributed by atoms with E-state index in [4.69, 9.17) is 10.5 Å². The van der Waals surface area contributed by atoms with Crippen LogP contribution in [0.4, 0.5) is 0 Å². The molecule has 2 rings (SSSR count). The Morgan fingerprint density at radius 1 is 1.45 bits per heavy atom. The number of H-pyrrole nitrogens is 1. The fourth-order valence-electron chi connectivity index (χ4n) is 2.10. The summed E-state index contributed by atoms with van der Waals surface area (Å²) in [5.41, 5.74) is 7.00. The Hall–Kier alpha value is -2.34. The zero-order valence-electron chi connectivity index (χ0n) is 12.8. The number of hydrogen-bond donors (Lipinski definition) is 3. The minimum atomic E-state index is -0.129. The summed E-state index contributed by atoms with van der Waals surface area (Å²) in [6.45, 7) is 3.34. The molecule has 0 radical (unpaired) electrons. The van der Waals surface area contributed by atoms with E-state index in [1.807, 2.05) is 25.1 Å². The number of carbonyl (C=O) groups is 1. The zero-order valence-corrected chi connectivity index (χ0v) is 12.8. The molecule has 6 heteroatoms. The van der Waals surface area contributed by atoms with E-state index in [9.17, 15) is 4.79 Å². The van der Waals surface area contributed by atoms with Crippen LogP contribution in [0.3, 0.4) is 0 Å². The van der Waals surface area contributed by atoms with Gasteiger partial charge in [-0.05, 0) is 25.5 Å². The molecule has 2 aromatic rings. The molecular formula is C16H22N4O2. The molecule has 0 aliphatic rings. The van der Waals surface area contributed by atoms with Crippen molar-refractivity contribution in [1.29, 1.82) is 0 Å². The molecule has 22 heavy (non-hydrogen) atoms. The summed E-state index contributed by atoms with van der Waals surface area (Å²) < 4.78 is 5.53. The summed E-state index contributed by atoms with van der Waals surface area (Å²) in [5.74, 6) is 1.37. The number of ether oxygens (including phenoxy) is 1. The molecule has 1 aromatic carbocycles. The van der Waals surface area contributed by atoms with Gasteiger partial charge in [0.25, 0.3) is 5.91 Å². The van der Waals surface area contributed by atoms with Crippen molar-refractivity contribution in [3.8, 4) is 5.75 Å². The maximum Gasteiger partial charge on any atom is 0.255 e. The van der Waals surface area contributed by atoms with Crippen LogP contribution in [0.15, 0.2) is 30.6 Å². The highest BCUT2D eigenvalue weighted by atomic mass is 16.5. The number of amides is 1. The maximum absolute atomic E-state index is 12.3. The Morgan fingerprint density at radius 3 is 3.05 bits per heavy atom. The molecule has 1 aromatic heterocycles. The van der Waals surface area contributed by atoms with Gasteiger partial charge in [-0.25, -0.2) is 4.98 Å². The first-order chi connectivity index (χ1) is 10.7. The molecule has 0 bridgehead atoms. The van der Waals surface area contributed by atoms with E-state index in [0.29, 0.717) is 31.0 Å². The Bertz CT molecular complexity index is 596. The smallest absolute Gasteiger partial charge is 0.255 e. The van der Waals surface area contributed by atoms with Crippen LogP contribution in [-0.2, 0) is 6.42 Å². The van der Waals surface area contributed by atoms with E-state index in [2.05, 4.69) is 15.3 Å². The van der Waals surface area contributed by atoms with Crippen molar-refractivity contribution >= 4 is 5.91 Å². The van der Waals surface area contributed by atoms with E-state index in [0.717, 1.165) is 24.2 Å². The van der Waals surface area contributed by atoms with Gasteiger partial charge in [-0.3, -0.25) is 4.79 Å². The summed E-state index contributed by atoms with van der Waals surface area (Å²) in [4.78, 5) is 19.5. The lowest BCUT2D eigenvalue weighted by molar-refractivity contribution is 0.0949. The first-order valence-electron chi connectivity index (χ1n) is 7.40. The standard InChI is InChI=1S/C16H22N4O2/c1-12-4-5-14(22-10-6-17)13(11-12)16(21)20-7-2-3-15-18-8-9-19-15/h4-5,8-9,11H,2-3,6-7,10,17H2,1H3,(H,18,19)(H,20,21). The molecule has 0 fully saturated rings. The molecular weight excluding hydrogens is 280 g/mol. The summed E-state index contributed by atoms with van der Waals surface area (Å²) in [6, 6.07) is 5.55. The fourth-order valence-corrected chi connectivity index (χ4v) is 2.10. The predicted molar refractivity (Wildman–Crippen MR) is 85.0 cm³/mol. The molecule has 0 atom stereocenters. The Balaban J connectivity index is 1.89. The number of nitrogens with two attached hydrogens (primary N) is 1. The van der Waals surface area contributed by atoms with E-state index >= 15 is 0 Å². The van der Waals surface area contributed by atoms with Crippen LogP contribution in [-0.4, -0.2) is 35.6 Å². The van der Waals surface area contributed by atoms with Crippen LogP contribution in [0.25, 0.3) is 0 Å². The number of aromatic nitrogens is 2. The van der Waals surface area contributed by atoms with Gasteiger partial charge in [0.15, 0.2) is 0 Å². The third-order valence-corrected chi connectivity index (χ3v) is 3.19. The van der Waals surface area contributed by atoms with Gasteiger partial charge in [-0.1, -0.05) is 11.6 Å². The van der Waals surface area contributed by atoms with Crippen LogP contribution < -0.4 is 15.8 Å². The highest BCUT2D eigenvalue weighted by Crippen LogP contribution is 2.20. The second-order valence-corrected chi connectivity index (χ2v) is 5.03. The van der Waals surface area contributed by atoms with Gasteiger partial charge in [0.05, 0.1) is 5.56 Å². The van der Waals surface area contributed by atoms with Crippen LogP contribution in [0.2, 0.25) is 0 Å². The number of rotatable bonds is 8. The largest absolute Gasteiger partial charge is 0.491 e. The van der Waals surface area contributed by atoms with Crippen LogP contribution in [0, 0.1) is 6.92 Å². The van der Waals surface area contributed by atoms with Gasteiger partial charge in [0.1, 0.15) is 18.2 Å². The maximum atomic E-state index is 12.3. The Kier molecular flexibility index (Phi) is 5.97. The monoisotopic (exact) mass is 302 g/mol. The van der Waals surface area contributed by atoms with Crippen molar-refractivity contribution in [1.82, 2.24) is 15.3 Å². The number of nitrogens with one attached hydrogen (secondary N) is 2. The van der Waals surface area contributed by atoms with E-state index in [1.165, 1.54) is 0 Å².